The summed E-state index contributed by atoms with van der Waals surface area (Å²) in [5.74, 6) is -1.50. The number of halogens is 5. The number of benzene rings is 1. The molecule has 0 saturated carbocycles. The van der Waals surface area contributed by atoms with Crippen molar-refractivity contribution in [3.05, 3.63) is 57.9 Å². The second-order valence-electron chi connectivity index (χ2n) is 6.92. The largest absolute Gasteiger partial charge is 0.465 e. The Morgan fingerprint density at radius 3 is 2.33 bits per heavy atom. The smallest absolute Gasteiger partial charge is 0.434 e. The third kappa shape index (κ3) is 4.92. The highest BCUT2D eigenvalue weighted by molar-refractivity contribution is 7.81. The van der Waals surface area contributed by atoms with Crippen molar-refractivity contribution >= 4 is 28.7 Å². The van der Waals surface area contributed by atoms with Gasteiger partial charge in [-0.15, -0.1) is 0 Å². The van der Waals surface area contributed by atoms with Crippen molar-refractivity contribution in [1.82, 2.24) is 4.98 Å². The molecule has 30 heavy (non-hydrogen) atoms. The number of nitrogens with two attached hydrogens (primary N) is 1. The lowest BCUT2D eigenvalue weighted by Crippen LogP contribution is -2.25. The molecule has 10 heteroatoms. The predicted octanol–water partition coefficient (Wildman–Crippen LogP) is 5.37. The standard InChI is InChI=1S/C20H19F5N2O2S/c1-9(2)7-12-13(19(28)29-3)15(18(21)22)27-17(20(23,24)25)14(12)16(30)10-5-4-6-11(26)8-10/h4-6,8-9,18H,7,26H2,1-3H3. The lowest BCUT2D eigenvalue weighted by molar-refractivity contribution is -0.141. The summed E-state index contributed by atoms with van der Waals surface area (Å²) in [5, 5.41) is 0. The zero-order valence-electron chi connectivity index (χ0n) is 16.3. The van der Waals surface area contributed by atoms with E-state index in [2.05, 4.69) is 9.72 Å². The number of hydrogen-bond acceptors (Lipinski definition) is 5. The van der Waals surface area contributed by atoms with E-state index in [9.17, 15) is 26.7 Å². The number of esters is 1. The first kappa shape index (κ1) is 23.7. The van der Waals surface area contributed by atoms with Crippen LogP contribution in [0.4, 0.5) is 27.6 Å². The van der Waals surface area contributed by atoms with Crippen LogP contribution in [0.5, 0.6) is 0 Å². The lowest BCUT2D eigenvalue weighted by atomic mass is 9.88. The molecule has 0 saturated heterocycles. The van der Waals surface area contributed by atoms with Crippen molar-refractivity contribution in [2.45, 2.75) is 32.9 Å². The van der Waals surface area contributed by atoms with Crippen LogP contribution in [0, 0.1) is 5.92 Å². The monoisotopic (exact) mass is 446 g/mol. The number of rotatable bonds is 6. The highest BCUT2D eigenvalue weighted by Gasteiger charge is 2.41. The van der Waals surface area contributed by atoms with E-state index < -0.39 is 41.1 Å². The summed E-state index contributed by atoms with van der Waals surface area (Å²) in [4.78, 5) is 15.2. The van der Waals surface area contributed by atoms with E-state index in [1.165, 1.54) is 24.3 Å². The molecule has 4 nitrogen and oxygen atoms in total. The molecule has 0 aliphatic carbocycles. The Morgan fingerprint density at radius 1 is 1.23 bits per heavy atom. The van der Waals surface area contributed by atoms with Crippen LogP contribution in [0.25, 0.3) is 0 Å². The number of ether oxygens (including phenoxy) is 1. The number of pyridine rings is 1. The van der Waals surface area contributed by atoms with Gasteiger partial charge in [-0.25, -0.2) is 18.6 Å². The van der Waals surface area contributed by atoms with E-state index in [0.29, 0.717) is 0 Å². The van der Waals surface area contributed by atoms with Crippen molar-refractivity contribution in [2.24, 2.45) is 5.92 Å². The Bertz CT molecular complexity index is 974. The highest BCUT2D eigenvalue weighted by atomic mass is 32.1. The second kappa shape index (κ2) is 9.03. The number of anilines is 1. The number of hydrogen-bond donors (Lipinski definition) is 1. The van der Waals surface area contributed by atoms with Crippen molar-refractivity contribution in [3.8, 4) is 0 Å². The summed E-state index contributed by atoms with van der Waals surface area (Å²) in [6.07, 6.45) is -8.65. The summed E-state index contributed by atoms with van der Waals surface area (Å²) in [6, 6.07) is 5.82. The molecule has 0 radical (unpaired) electrons. The number of aromatic nitrogens is 1. The van der Waals surface area contributed by atoms with Crippen molar-refractivity contribution in [3.63, 3.8) is 0 Å². The van der Waals surface area contributed by atoms with Gasteiger partial charge in [0.15, 0.2) is 5.69 Å². The van der Waals surface area contributed by atoms with E-state index in [0.717, 1.165) is 7.11 Å². The minimum atomic E-state index is -5.09. The van der Waals surface area contributed by atoms with Gasteiger partial charge in [-0.1, -0.05) is 38.2 Å². The first-order chi connectivity index (χ1) is 13.9. The number of nitrogen functional groups attached to an aromatic ring is 1. The third-order valence-electron chi connectivity index (χ3n) is 4.18. The molecule has 2 rings (SSSR count). The molecular weight excluding hydrogens is 427 g/mol. The number of methoxy groups -OCH3 is 1. The third-order valence-corrected chi connectivity index (χ3v) is 4.62. The molecular formula is C20H19F5N2O2S. The Balaban J connectivity index is 3.01. The molecule has 0 bridgehead atoms. The first-order valence-electron chi connectivity index (χ1n) is 8.79. The van der Waals surface area contributed by atoms with Crippen LogP contribution < -0.4 is 5.73 Å². The Morgan fingerprint density at radius 2 is 1.87 bits per heavy atom. The van der Waals surface area contributed by atoms with Gasteiger partial charge in [0.1, 0.15) is 5.69 Å². The first-order valence-corrected chi connectivity index (χ1v) is 9.19. The lowest BCUT2D eigenvalue weighted by Gasteiger charge is -2.23. The average molecular weight is 446 g/mol. The van der Waals surface area contributed by atoms with Gasteiger partial charge in [-0.3, -0.25) is 0 Å². The van der Waals surface area contributed by atoms with Gasteiger partial charge < -0.3 is 10.5 Å². The van der Waals surface area contributed by atoms with Gasteiger partial charge in [-0.2, -0.15) is 13.2 Å². The summed E-state index contributed by atoms with van der Waals surface area (Å²) >= 11 is 5.30. The number of nitrogens with zero attached hydrogens (tertiary/aromatic N) is 1. The number of carbonyl (C=O) groups excluding carboxylic acids is 1. The normalized spacial score (nSPS) is 11.8. The van der Waals surface area contributed by atoms with Gasteiger partial charge in [0.25, 0.3) is 6.43 Å². The van der Waals surface area contributed by atoms with E-state index in [1.54, 1.807) is 13.8 Å². The summed E-state index contributed by atoms with van der Waals surface area (Å²) in [7, 11) is 0.949. The van der Waals surface area contributed by atoms with Crippen LogP contribution in [0.1, 0.15) is 58.7 Å². The average Bonchev–Trinajstić information content (AvgIpc) is 2.64. The molecule has 2 aromatic rings. The number of carbonyl (C=O) groups is 1. The van der Waals surface area contributed by atoms with Crippen molar-refractivity contribution in [1.29, 1.82) is 0 Å². The fourth-order valence-corrected chi connectivity index (χ4v) is 3.38. The van der Waals surface area contributed by atoms with Crippen LogP contribution in [-0.4, -0.2) is 22.9 Å². The van der Waals surface area contributed by atoms with Crippen molar-refractivity contribution in [2.75, 3.05) is 12.8 Å². The van der Waals surface area contributed by atoms with Gasteiger partial charge >= 0.3 is 12.1 Å². The number of alkyl halides is 5. The maximum Gasteiger partial charge on any atom is 0.434 e. The van der Waals surface area contributed by atoms with E-state index >= 15 is 0 Å². The van der Waals surface area contributed by atoms with Crippen LogP contribution in [0.2, 0.25) is 0 Å². The predicted molar refractivity (Wildman–Crippen MR) is 106 cm³/mol. The minimum Gasteiger partial charge on any atom is -0.465 e. The van der Waals surface area contributed by atoms with Crippen molar-refractivity contribution < 1.29 is 31.5 Å². The second-order valence-corrected chi connectivity index (χ2v) is 7.33. The van der Waals surface area contributed by atoms with E-state index in [-0.39, 0.29) is 34.0 Å². The van der Waals surface area contributed by atoms with Gasteiger partial charge in [-0.05, 0) is 35.6 Å². The van der Waals surface area contributed by atoms with Gasteiger partial charge in [0, 0.05) is 11.3 Å². The quantitative estimate of drug-likeness (QED) is 0.212. The summed E-state index contributed by atoms with van der Waals surface area (Å²) in [6.45, 7) is 3.34. The zero-order valence-corrected chi connectivity index (χ0v) is 17.1. The molecule has 0 unspecified atom stereocenters. The zero-order chi connectivity index (χ0) is 22.8. The van der Waals surface area contributed by atoms with Crippen LogP contribution in [0.15, 0.2) is 24.3 Å². The molecule has 0 aliphatic heterocycles. The Hall–Kier alpha value is -2.62. The molecule has 1 heterocycles. The van der Waals surface area contributed by atoms with Gasteiger partial charge in [0.05, 0.1) is 17.5 Å². The van der Waals surface area contributed by atoms with E-state index in [1.807, 2.05) is 0 Å². The van der Waals surface area contributed by atoms with Crippen LogP contribution in [-0.2, 0) is 17.3 Å². The maximum absolute atomic E-state index is 13.9. The van der Waals surface area contributed by atoms with Crippen LogP contribution >= 0.6 is 12.2 Å². The molecule has 0 amide bonds. The topological polar surface area (TPSA) is 65.2 Å². The summed E-state index contributed by atoms with van der Waals surface area (Å²) in [5.41, 5.74) is 1.69. The minimum absolute atomic E-state index is 0.131. The molecule has 0 atom stereocenters. The molecule has 1 aromatic heterocycles. The Labute approximate surface area is 175 Å². The fourth-order valence-electron chi connectivity index (χ4n) is 3.03. The molecule has 0 aliphatic rings. The molecule has 0 spiro atoms. The van der Waals surface area contributed by atoms with Gasteiger partial charge in [0.2, 0.25) is 0 Å². The number of thiocarbonyl (C=S) groups is 1. The molecule has 1 aromatic carbocycles. The Kier molecular flexibility index (Phi) is 7.12. The summed E-state index contributed by atoms with van der Waals surface area (Å²) < 4.78 is 73.5. The van der Waals surface area contributed by atoms with E-state index in [4.69, 9.17) is 18.0 Å². The highest BCUT2D eigenvalue weighted by Crippen LogP contribution is 2.39. The van der Waals surface area contributed by atoms with Crippen LogP contribution in [0.3, 0.4) is 0 Å². The molecule has 162 valence electrons. The fraction of sp³-hybridized carbons (Fsp3) is 0.350. The maximum atomic E-state index is 13.9. The molecule has 2 N–H and O–H groups in total. The SMILES string of the molecule is COC(=O)c1c(C(F)F)nc(C(F)(F)F)c(C(=S)c2cccc(N)c2)c1CC(C)C. The molecule has 0 fully saturated rings.